The number of nitrogens with zero attached hydrogens (tertiary/aromatic N) is 5. The lowest BCUT2D eigenvalue weighted by Gasteiger charge is -2.44. The highest BCUT2D eigenvalue weighted by atomic mass is 35.5. The van der Waals surface area contributed by atoms with Crippen LogP contribution in [0.3, 0.4) is 0 Å². The number of benzene rings is 3. The summed E-state index contributed by atoms with van der Waals surface area (Å²) in [6.07, 6.45) is 8.06. The van der Waals surface area contributed by atoms with Gasteiger partial charge in [0.15, 0.2) is 0 Å². The second-order valence-electron chi connectivity index (χ2n) is 13.4. The van der Waals surface area contributed by atoms with Gasteiger partial charge in [-0.05, 0) is 74.3 Å². The fourth-order valence-corrected chi connectivity index (χ4v) is 8.77. The molecule has 3 aromatic carbocycles. The van der Waals surface area contributed by atoms with Crippen molar-refractivity contribution in [3.63, 3.8) is 0 Å². The number of halogens is 1. The van der Waals surface area contributed by atoms with Gasteiger partial charge in [-0.1, -0.05) is 78.0 Å². The van der Waals surface area contributed by atoms with Crippen LogP contribution in [0.25, 0.3) is 10.9 Å². The van der Waals surface area contributed by atoms with E-state index in [4.69, 9.17) is 21.6 Å². The molecule has 0 unspecified atom stereocenters. The summed E-state index contributed by atoms with van der Waals surface area (Å²) < 4.78 is 18.0. The molecular formula is C36H37ClN6O2S2. The van der Waals surface area contributed by atoms with E-state index in [1.165, 1.54) is 22.9 Å². The zero-order valence-corrected chi connectivity index (χ0v) is 29.0. The minimum absolute atomic E-state index is 0.00563. The standard InChI is InChI=1S/C36H37ClN6O2S2/c1-35(2,3)47(45)41-33-26-12-8-7-11-25(26)19-36(33)15-17-42(18-16-36)29-20-39-30(21-38-29)46-28-14-13-27-31(32(28)37)34(44)43(23-40-27)22-24-9-5-4-6-10-24/h4-14,20-21,23,33,41H,15-19,22H2,1-3H3/t33-,47-/m1/s1. The molecule has 3 heterocycles. The maximum atomic E-state index is 13.4. The number of aromatic nitrogens is 4. The first-order valence-electron chi connectivity index (χ1n) is 15.8. The van der Waals surface area contributed by atoms with Crippen LogP contribution in [0.4, 0.5) is 5.82 Å². The lowest BCUT2D eigenvalue weighted by atomic mass is 9.73. The third-order valence-corrected chi connectivity index (χ3v) is 12.4. The molecule has 1 aliphatic carbocycles. The fourth-order valence-electron chi connectivity index (χ4n) is 6.70. The van der Waals surface area contributed by atoms with E-state index in [1.54, 1.807) is 17.1 Å². The fraction of sp³-hybridized carbons (Fsp3) is 0.333. The number of rotatable bonds is 7. The van der Waals surface area contributed by atoms with Crippen LogP contribution >= 0.6 is 23.4 Å². The Hall–Kier alpha value is -3.57. The van der Waals surface area contributed by atoms with Gasteiger partial charge >= 0.3 is 0 Å². The minimum atomic E-state index is -1.17. The molecule has 47 heavy (non-hydrogen) atoms. The summed E-state index contributed by atoms with van der Waals surface area (Å²) in [6.45, 7) is 8.15. The van der Waals surface area contributed by atoms with Crippen molar-refractivity contribution in [2.24, 2.45) is 5.41 Å². The Morgan fingerprint density at radius 2 is 1.72 bits per heavy atom. The van der Waals surface area contributed by atoms with Gasteiger partial charge in [-0.25, -0.2) is 23.9 Å². The van der Waals surface area contributed by atoms with E-state index in [9.17, 15) is 9.00 Å². The Balaban J connectivity index is 1.06. The molecule has 242 valence electrons. The molecule has 0 amide bonds. The monoisotopic (exact) mass is 684 g/mol. The van der Waals surface area contributed by atoms with Crippen LogP contribution in [0, 0.1) is 5.41 Å². The Bertz CT molecular complexity index is 2010. The molecule has 1 aliphatic heterocycles. The zero-order valence-electron chi connectivity index (χ0n) is 26.6. The second-order valence-corrected chi connectivity index (χ2v) is 16.8. The summed E-state index contributed by atoms with van der Waals surface area (Å²) in [5, 5.41) is 1.46. The van der Waals surface area contributed by atoms with Gasteiger partial charge in [0.2, 0.25) is 0 Å². The van der Waals surface area contributed by atoms with Crippen LogP contribution in [0.15, 0.2) is 100 Å². The summed E-state index contributed by atoms with van der Waals surface area (Å²) in [4.78, 5) is 30.4. The molecule has 7 rings (SSSR count). The van der Waals surface area contributed by atoms with Crippen molar-refractivity contribution in [3.05, 3.63) is 118 Å². The number of hydrogen-bond acceptors (Lipinski definition) is 7. The molecular weight excluding hydrogens is 648 g/mol. The quantitative estimate of drug-likeness (QED) is 0.198. The van der Waals surface area contributed by atoms with Gasteiger partial charge in [0.05, 0.1) is 63.0 Å². The number of piperidine rings is 1. The van der Waals surface area contributed by atoms with Gasteiger partial charge in [0, 0.05) is 18.0 Å². The van der Waals surface area contributed by atoms with Crippen LogP contribution in [-0.4, -0.2) is 41.6 Å². The molecule has 8 nitrogen and oxygen atoms in total. The van der Waals surface area contributed by atoms with E-state index in [0.29, 0.717) is 27.5 Å². The van der Waals surface area contributed by atoms with Crippen LogP contribution in [0.1, 0.15) is 56.3 Å². The highest BCUT2D eigenvalue weighted by molar-refractivity contribution is 7.99. The normalized spacial score (nSPS) is 18.0. The van der Waals surface area contributed by atoms with Gasteiger partial charge in [0.25, 0.3) is 5.56 Å². The van der Waals surface area contributed by atoms with Crippen LogP contribution in [0.5, 0.6) is 0 Å². The SMILES string of the molecule is CC(C)(C)[S@@](=O)N[C@@H]1c2ccccc2CC12CCN(c1cnc(Sc3ccc4ncn(Cc5ccccc5)c(=O)c4c3Cl)cn1)CC2. The van der Waals surface area contributed by atoms with Gasteiger partial charge in [-0.2, -0.15) is 0 Å². The van der Waals surface area contributed by atoms with Gasteiger partial charge in [0.1, 0.15) is 10.8 Å². The van der Waals surface area contributed by atoms with E-state index in [2.05, 4.69) is 38.9 Å². The molecule has 0 radical (unpaired) electrons. The Kier molecular flexibility index (Phi) is 8.72. The average molecular weight is 685 g/mol. The average Bonchev–Trinajstić information content (AvgIpc) is 3.36. The smallest absolute Gasteiger partial charge is 0.263 e. The molecule has 1 spiro atoms. The largest absolute Gasteiger partial charge is 0.355 e. The minimum Gasteiger partial charge on any atom is -0.355 e. The Labute approximate surface area is 286 Å². The molecule has 1 saturated heterocycles. The van der Waals surface area contributed by atoms with E-state index < -0.39 is 11.0 Å². The van der Waals surface area contributed by atoms with E-state index >= 15 is 0 Å². The molecule has 2 aliphatic rings. The summed E-state index contributed by atoms with van der Waals surface area (Å²) >= 11 is 8.21. The first-order valence-corrected chi connectivity index (χ1v) is 18.2. The second kappa shape index (κ2) is 12.8. The van der Waals surface area contributed by atoms with Crippen molar-refractivity contribution >= 4 is 51.1 Å². The third kappa shape index (κ3) is 6.36. The first-order chi connectivity index (χ1) is 22.6. The van der Waals surface area contributed by atoms with Crippen molar-refractivity contribution in [1.82, 2.24) is 24.2 Å². The summed E-state index contributed by atoms with van der Waals surface area (Å²) in [6, 6.07) is 22.1. The molecule has 2 atom stereocenters. The highest BCUT2D eigenvalue weighted by Gasteiger charge is 2.48. The van der Waals surface area contributed by atoms with Gasteiger partial charge < -0.3 is 4.90 Å². The molecule has 5 aromatic rings. The molecule has 2 aromatic heterocycles. The molecule has 1 N–H and O–H groups in total. The van der Waals surface area contributed by atoms with Crippen molar-refractivity contribution in [2.45, 2.75) is 67.3 Å². The van der Waals surface area contributed by atoms with Gasteiger partial charge in [-0.15, -0.1) is 0 Å². The van der Waals surface area contributed by atoms with Crippen molar-refractivity contribution < 1.29 is 4.21 Å². The molecule has 1 fully saturated rings. The van der Waals surface area contributed by atoms with E-state index in [-0.39, 0.29) is 21.8 Å². The predicted octanol–water partition coefficient (Wildman–Crippen LogP) is 6.98. The van der Waals surface area contributed by atoms with E-state index in [0.717, 1.165) is 48.6 Å². The lowest BCUT2D eigenvalue weighted by Crippen LogP contribution is -2.48. The lowest BCUT2D eigenvalue weighted by molar-refractivity contribution is 0.177. The summed E-state index contributed by atoms with van der Waals surface area (Å²) in [5.74, 6) is 0.833. The first kappa shape index (κ1) is 32.0. The van der Waals surface area contributed by atoms with Crippen LogP contribution in [0.2, 0.25) is 5.02 Å². The molecule has 0 bridgehead atoms. The van der Waals surface area contributed by atoms with Crippen molar-refractivity contribution in [2.75, 3.05) is 18.0 Å². The third-order valence-electron chi connectivity index (χ3n) is 9.31. The van der Waals surface area contributed by atoms with E-state index in [1.807, 2.05) is 69.4 Å². The maximum absolute atomic E-state index is 13.4. The Morgan fingerprint density at radius 1 is 0.979 bits per heavy atom. The predicted molar refractivity (Wildman–Crippen MR) is 191 cm³/mol. The molecule has 11 heteroatoms. The van der Waals surface area contributed by atoms with Crippen molar-refractivity contribution in [1.29, 1.82) is 0 Å². The summed E-state index contributed by atoms with van der Waals surface area (Å²) in [7, 11) is -1.17. The van der Waals surface area contributed by atoms with Crippen LogP contribution in [-0.2, 0) is 24.0 Å². The topological polar surface area (TPSA) is 93.0 Å². The maximum Gasteiger partial charge on any atom is 0.263 e. The van der Waals surface area contributed by atoms with Crippen molar-refractivity contribution in [3.8, 4) is 0 Å². The summed E-state index contributed by atoms with van der Waals surface area (Å²) in [5.41, 5.74) is 4.03. The van der Waals surface area contributed by atoms with Gasteiger partial charge in [-0.3, -0.25) is 9.36 Å². The zero-order chi connectivity index (χ0) is 32.8. The molecule has 0 saturated carbocycles. The highest BCUT2D eigenvalue weighted by Crippen LogP contribution is 2.52. The number of fused-ring (bicyclic) bond motifs is 2. The number of nitrogens with one attached hydrogen (secondary N) is 1. The Morgan fingerprint density at radius 3 is 2.45 bits per heavy atom. The van der Waals surface area contributed by atoms with Crippen LogP contribution < -0.4 is 15.2 Å². The number of hydrogen-bond donors (Lipinski definition) is 1. The number of anilines is 1.